The normalized spacial score (nSPS) is 11.8. The lowest BCUT2D eigenvalue weighted by Gasteiger charge is -2.26. The second kappa shape index (κ2) is 9.97. The van der Waals surface area contributed by atoms with E-state index in [1.807, 2.05) is 35.9 Å². The zero-order valence-electron chi connectivity index (χ0n) is 19.3. The molecular formula is C23H28N8O2. The van der Waals surface area contributed by atoms with Crippen LogP contribution in [0.5, 0.6) is 0 Å². The Bertz CT molecular complexity index is 1160. The number of benzene rings is 1. The molecule has 4 rings (SSSR count). The van der Waals surface area contributed by atoms with Crippen LogP contribution in [0.3, 0.4) is 0 Å². The first-order valence-corrected chi connectivity index (χ1v) is 11.0. The summed E-state index contributed by atoms with van der Waals surface area (Å²) in [5.41, 5.74) is 3.71. The minimum absolute atomic E-state index is 0.512. The van der Waals surface area contributed by atoms with E-state index in [0.29, 0.717) is 24.5 Å². The second-order valence-corrected chi connectivity index (χ2v) is 7.60. The van der Waals surface area contributed by atoms with Gasteiger partial charge in [-0.15, -0.1) is 10.2 Å². The molecule has 0 radical (unpaired) electrons. The number of nitrogens with one attached hydrogen (secondary N) is 1. The number of aryl methyl sites for hydroxylation is 1. The first kappa shape index (κ1) is 22.7. The third-order valence-corrected chi connectivity index (χ3v) is 5.63. The van der Waals surface area contributed by atoms with E-state index in [4.69, 9.17) is 19.6 Å². The second-order valence-electron chi connectivity index (χ2n) is 7.60. The Morgan fingerprint density at radius 3 is 2.48 bits per heavy atom. The van der Waals surface area contributed by atoms with Crippen molar-refractivity contribution in [2.24, 2.45) is 0 Å². The third kappa shape index (κ3) is 4.53. The van der Waals surface area contributed by atoms with Crippen LogP contribution < -0.4 is 0 Å². The number of ether oxygens (including phenoxy) is 2. The van der Waals surface area contributed by atoms with Gasteiger partial charge in [-0.25, -0.2) is 9.67 Å². The number of tetrazole rings is 1. The van der Waals surface area contributed by atoms with Crippen LogP contribution in [0.2, 0.25) is 0 Å². The number of hydrogen-bond acceptors (Lipinski definition) is 8. The summed E-state index contributed by atoms with van der Waals surface area (Å²) in [4.78, 5) is 9.34. The van der Waals surface area contributed by atoms with Crippen LogP contribution in [0, 0.1) is 0 Å². The van der Waals surface area contributed by atoms with Crippen molar-refractivity contribution >= 4 is 0 Å². The van der Waals surface area contributed by atoms with Crippen molar-refractivity contribution in [3.63, 3.8) is 0 Å². The molecule has 0 aliphatic carbocycles. The fourth-order valence-electron chi connectivity index (χ4n) is 3.82. The maximum Gasteiger partial charge on any atom is 0.231 e. The molecule has 0 saturated carbocycles. The summed E-state index contributed by atoms with van der Waals surface area (Å²) in [5, 5.41) is 19.0. The van der Waals surface area contributed by atoms with Gasteiger partial charge in [0.2, 0.25) is 17.4 Å². The molecule has 0 aliphatic heterocycles. The minimum atomic E-state index is -0.942. The van der Waals surface area contributed by atoms with E-state index in [1.54, 1.807) is 20.4 Å². The van der Waals surface area contributed by atoms with Crippen LogP contribution >= 0.6 is 0 Å². The summed E-state index contributed by atoms with van der Waals surface area (Å²) in [6, 6.07) is 12.0. The Morgan fingerprint density at radius 1 is 1.06 bits per heavy atom. The SMILES string of the molecule is CCCn1nc(C(CC)(OC)OC)nc1Cc1ccc(-c2ncccc2-c2nn[nH]n2)cc1. The maximum atomic E-state index is 5.64. The van der Waals surface area contributed by atoms with Gasteiger partial charge in [0.25, 0.3) is 0 Å². The number of H-pyrrole nitrogens is 1. The smallest absolute Gasteiger partial charge is 0.231 e. The highest BCUT2D eigenvalue weighted by molar-refractivity contribution is 5.76. The standard InChI is InChI=1S/C23H28N8O2/c1-5-14-31-19(25-22(28-31)23(6-2,32-3)33-4)15-16-9-11-17(12-10-16)20-18(8-7-13-24-20)21-26-29-30-27-21/h7-13H,5-6,14-15H2,1-4H3,(H,26,27,29,30). The number of rotatable bonds is 10. The van der Waals surface area contributed by atoms with E-state index in [-0.39, 0.29) is 0 Å². The quantitative estimate of drug-likeness (QED) is 0.367. The van der Waals surface area contributed by atoms with Gasteiger partial charge in [0.15, 0.2) is 0 Å². The van der Waals surface area contributed by atoms with Gasteiger partial charge in [-0.3, -0.25) is 4.98 Å². The van der Waals surface area contributed by atoms with Crippen LogP contribution in [0.1, 0.15) is 43.9 Å². The van der Waals surface area contributed by atoms with Gasteiger partial charge in [0, 0.05) is 50.9 Å². The molecule has 0 spiro atoms. The highest BCUT2D eigenvalue weighted by Crippen LogP contribution is 2.29. The summed E-state index contributed by atoms with van der Waals surface area (Å²) in [6.07, 6.45) is 3.96. The van der Waals surface area contributed by atoms with Gasteiger partial charge in [-0.2, -0.15) is 10.3 Å². The van der Waals surface area contributed by atoms with Crippen molar-refractivity contribution in [2.75, 3.05) is 14.2 Å². The lowest BCUT2D eigenvalue weighted by molar-refractivity contribution is -0.222. The zero-order chi connectivity index (χ0) is 23.3. The number of hydrogen-bond donors (Lipinski definition) is 1. The molecule has 10 nitrogen and oxygen atoms in total. The molecule has 3 aromatic heterocycles. The van der Waals surface area contributed by atoms with Gasteiger partial charge in [0.1, 0.15) is 5.82 Å². The molecule has 0 unspecified atom stereocenters. The van der Waals surface area contributed by atoms with Crippen molar-refractivity contribution in [2.45, 2.75) is 45.4 Å². The molecule has 10 heteroatoms. The van der Waals surface area contributed by atoms with E-state index in [1.165, 1.54) is 0 Å². The molecule has 1 aromatic carbocycles. The molecular weight excluding hydrogens is 420 g/mol. The summed E-state index contributed by atoms with van der Waals surface area (Å²) >= 11 is 0. The van der Waals surface area contributed by atoms with E-state index >= 15 is 0 Å². The molecule has 0 fully saturated rings. The fourth-order valence-corrected chi connectivity index (χ4v) is 3.82. The molecule has 0 saturated heterocycles. The number of methoxy groups -OCH3 is 2. The number of nitrogens with zero attached hydrogens (tertiary/aromatic N) is 7. The lowest BCUT2D eigenvalue weighted by Crippen LogP contribution is -2.31. The highest BCUT2D eigenvalue weighted by atomic mass is 16.7. The van der Waals surface area contributed by atoms with Crippen LogP contribution in [0.15, 0.2) is 42.6 Å². The van der Waals surface area contributed by atoms with Crippen LogP contribution in [-0.4, -0.2) is 54.6 Å². The average molecular weight is 449 g/mol. The summed E-state index contributed by atoms with van der Waals surface area (Å²) in [7, 11) is 3.23. The van der Waals surface area contributed by atoms with E-state index < -0.39 is 5.79 Å². The topological polar surface area (TPSA) is 117 Å². The summed E-state index contributed by atoms with van der Waals surface area (Å²) in [6.45, 7) is 4.88. The van der Waals surface area contributed by atoms with Gasteiger partial charge >= 0.3 is 0 Å². The summed E-state index contributed by atoms with van der Waals surface area (Å²) in [5.74, 6) is 0.991. The molecule has 4 aromatic rings. The lowest BCUT2D eigenvalue weighted by atomic mass is 10.0. The van der Waals surface area contributed by atoms with Crippen molar-refractivity contribution in [1.82, 2.24) is 40.4 Å². The van der Waals surface area contributed by atoms with E-state index in [9.17, 15) is 0 Å². The van der Waals surface area contributed by atoms with Crippen molar-refractivity contribution < 1.29 is 9.47 Å². The Kier molecular flexibility index (Phi) is 6.85. The average Bonchev–Trinajstić information content (AvgIpc) is 3.53. The number of aromatic amines is 1. The van der Waals surface area contributed by atoms with Crippen LogP contribution in [0.4, 0.5) is 0 Å². The van der Waals surface area contributed by atoms with E-state index in [2.05, 4.69) is 44.7 Å². The van der Waals surface area contributed by atoms with Gasteiger partial charge in [0.05, 0.1) is 5.69 Å². The molecule has 0 aliphatic rings. The van der Waals surface area contributed by atoms with Gasteiger partial charge in [-0.05, 0) is 29.3 Å². The van der Waals surface area contributed by atoms with Crippen molar-refractivity contribution in [1.29, 1.82) is 0 Å². The fraction of sp³-hybridized carbons (Fsp3) is 0.391. The molecule has 0 atom stereocenters. The maximum absolute atomic E-state index is 5.64. The molecule has 1 N–H and O–H groups in total. The Balaban J connectivity index is 1.62. The third-order valence-electron chi connectivity index (χ3n) is 5.63. The molecule has 0 bridgehead atoms. The predicted molar refractivity (Wildman–Crippen MR) is 122 cm³/mol. The van der Waals surface area contributed by atoms with Gasteiger partial charge < -0.3 is 9.47 Å². The monoisotopic (exact) mass is 448 g/mol. The Labute approximate surface area is 192 Å². The Morgan fingerprint density at radius 2 is 1.85 bits per heavy atom. The van der Waals surface area contributed by atoms with Gasteiger partial charge in [-0.1, -0.05) is 38.1 Å². The molecule has 33 heavy (non-hydrogen) atoms. The van der Waals surface area contributed by atoms with Crippen LogP contribution in [0.25, 0.3) is 22.6 Å². The van der Waals surface area contributed by atoms with Crippen molar-refractivity contribution in [3.8, 4) is 22.6 Å². The highest BCUT2D eigenvalue weighted by Gasteiger charge is 2.35. The minimum Gasteiger partial charge on any atom is -0.347 e. The zero-order valence-corrected chi connectivity index (χ0v) is 19.3. The first-order chi connectivity index (χ1) is 16.1. The largest absolute Gasteiger partial charge is 0.347 e. The van der Waals surface area contributed by atoms with E-state index in [0.717, 1.165) is 41.2 Å². The number of aromatic nitrogens is 8. The Hall–Kier alpha value is -3.50. The molecule has 3 heterocycles. The molecule has 172 valence electrons. The molecule has 0 amide bonds. The summed E-state index contributed by atoms with van der Waals surface area (Å²) < 4.78 is 13.2. The predicted octanol–water partition coefficient (Wildman–Crippen LogP) is 3.38. The number of pyridine rings is 1. The first-order valence-electron chi connectivity index (χ1n) is 11.0. The van der Waals surface area contributed by atoms with Crippen LogP contribution in [-0.2, 0) is 28.2 Å². The van der Waals surface area contributed by atoms with Crippen molar-refractivity contribution in [3.05, 3.63) is 59.8 Å².